The van der Waals surface area contributed by atoms with E-state index >= 15 is 0 Å². The summed E-state index contributed by atoms with van der Waals surface area (Å²) in [5, 5.41) is 0. The van der Waals surface area contributed by atoms with E-state index in [4.69, 9.17) is 10.7 Å². The van der Waals surface area contributed by atoms with Crippen molar-refractivity contribution in [2.45, 2.75) is 65.2 Å². The lowest BCUT2D eigenvalue weighted by molar-refractivity contribution is 0.546. The van der Waals surface area contributed by atoms with E-state index in [0.29, 0.717) is 0 Å². The van der Waals surface area contributed by atoms with Gasteiger partial charge in [0.25, 0.3) is 0 Å². The Morgan fingerprint density at radius 2 is 1.66 bits per heavy atom. The molecular formula is C30H34N2. The molecule has 0 amide bonds. The van der Waals surface area contributed by atoms with Crippen molar-refractivity contribution < 1.29 is 0 Å². The molecule has 1 heterocycles. The van der Waals surface area contributed by atoms with Crippen molar-refractivity contribution >= 4 is 16.8 Å². The standard InChI is InChI=1S/C30H34N2/c1-20-16-26(19-32-21(20)2)28-9-5-8-25-18-27(31)14-15-29(25)30(28)24-12-10-23(11-13-24)17-22-6-3-4-7-22/h10-16,18-19,22H,3-9,17,31H2,1-2H3. The molecule has 2 nitrogen and oxygen atoms in total. The molecule has 5 rings (SSSR count). The first-order valence-electron chi connectivity index (χ1n) is 12.2. The summed E-state index contributed by atoms with van der Waals surface area (Å²) in [4.78, 5) is 4.70. The average molecular weight is 423 g/mol. The zero-order chi connectivity index (χ0) is 22.1. The van der Waals surface area contributed by atoms with Crippen LogP contribution in [0.15, 0.2) is 54.7 Å². The molecule has 0 bridgehead atoms. The van der Waals surface area contributed by atoms with E-state index in [1.165, 1.54) is 76.6 Å². The number of rotatable bonds is 4. The molecule has 164 valence electrons. The van der Waals surface area contributed by atoms with Crippen LogP contribution < -0.4 is 5.73 Å². The summed E-state index contributed by atoms with van der Waals surface area (Å²) in [6.45, 7) is 4.25. The molecule has 2 heteroatoms. The smallest absolute Gasteiger partial charge is 0.0402 e. The molecule has 2 aromatic carbocycles. The van der Waals surface area contributed by atoms with Gasteiger partial charge in [-0.25, -0.2) is 0 Å². The fraction of sp³-hybridized carbons (Fsp3) is 0.367. The van der Waals surface area contributed by atoms with Crippen molar-refractivity contribution in [3.63, 3.8) is 0 Å². The molecule has 0 unspecified atom stereocenters. The van der Waals surface area contributed by atoms with Gasteiger partial charge in [0.2, 0.25) is 0 Å². The van der Waals surface area contributed by atoms with E-state index < -0.39 is 0 Å². The summed E-state index contributed by atoms with van der Waals surface area (Å²) in [6.07, 6.45) is 12.1. The molecule has 3 aromatic rings. The van der Waals surface area contributed by atoms with Crippen molar-refractivity contribution in [2.75, 3.05) is 5.73 Å². The first kappa shape index (κ1) is 21.0. The summed E-state index contributed by atoms with van der Waals surface area (Å²) < 4.78 is 0. The molecule has 0 atom stereocenters. The van der Waals surface area contributed by atoms with Gasteiger partial charge in [0, 0.05) is 17.6 Å². The largest absolute Gasteiger partial charge is 0.399 e. The van der Waals surface area contributed by atoms with Crippen LogP contribution in [0.4, 0.5) is 5.69 Å². The minimum Gasteiger partial charge on any atom is -0.399 e. The Bertz CT molecular complexity index is 1150. The predicted molar refractivity (Wildman–Crippen MR) is 136 cm³/mol. The van der Waals surface area contributed by atoms with Gasteiger partial charge in [-0.15, -0.1) is 0 Å². The van der Waals surface area contributed by atoms with Crippen LogP contribution in [-0.4, -0.2) is 4.98 Å². The normalized spacial score (nSPS) is 16.8. The summed E-state index contributed by atoms with van der Waals surface area (Å²) in [5.41, 5.74) is 18.9. The van der Waals surface area contributed by atoms with E-state index in [-0.39, 0.29) is 0 Å². The number of anilines is 1. The Kier molecular flexibility index (Phi) is 5.87. The van der Waals surface area contributed by atoms with Crippen LogP contribution >= 0.6 is 0 Å². The second-order valence-electron chi connectivity index (χ2n) is 9.80. The van der Waals surface area contributed by atoms with E-state index in [9.17, 15) is 0 Å². The number of benzene rings is 2. The molecule has 2 aliphatic rings. The van der Waals surface area contributed by atoms with Gasteiger partial charge in [0.1, 0.15) is 0 Å². The number of hydrogen-bond acceptors (Lipinski definition) is 2. The maximum absolute atomic E-state index is 6.17. The lowest BCUT2D eigenvalue weighted by Crippen LogP contribution is -2.01. The molecule has 1 saturated carbocycles. The van der Waals surface area contributed by atoms with E-state index in [1.807, 2.05) is 0 Å². The van der Waals surface area contributed by atoms with Gasteiger partial charge < -0.3 is 5.73 Å². The summed E-state index contributed by atoms with van der Waals surface area (Å²) in [6, 6.07) is 18.2. The van der Waals surface area contributed by atoms with E-state index in [2.05, 4.69) is 68.6 Å². The van der Waals surface area contributed by atoms with Gasteiger partial charge >= 0.3 is 0 Å². The number of nitrogens with zero attached hydrogens (tertiary/aromatic N) is 1. The second kappa shape index (κ2) is 8.94. The molecule has 2 N–H and O–H groups in total. The van der Waals surface area contributed by atoms with Crippen LogP contribution in [-0.2, 0) is 12.8 Å². The predicted octanol–water partition coefficient (Wildman–Crippen LogP) is 7.31. The number of nitrogen functional groups attached to an aromatic ring is 1. The lowest BCUT2D eigenvalue weighted by atomic mass is 9.87. The third kappa shape index (κ3) is 4.24. The number of hydrogen-bond donors (Lipinski definition) is 1. The summed E-state index contributed by atoms with van der Waals surface area (Å²) >= 11 is 0. The highest BCUT2D eigenvalue weighted by Gasteiger charge is 2.21. The van der Waals surface area contributed by atoms with Gasteiger partial charge in [-0.1, -0.05) is 56.0 Å². The monoisotopic (exact) mass is 422 g/mol. The fourth-order valence-electron chi connectivity index (χ4n) is 5.59. The van der Waals surface area contributed by atoms with Gasteiger partial charge in [-0.3, -0.25) is 4.98 Å². The molecule has 32 heavy (non-hydrogen) atoms. The molecule has 1 aromatic heterocycles. The van der Waals surface area contributed by atoms with Crippen molar-refractivity contribution in [1.29, 1.82) is 0 Å². The van der Waals surface area contributed by atoms with Crippen LogP contribution in [0.25, 0.3) is 11.1 Å². The number of aryl methyl sites for hydroxylation is 3. The fourth-order valence-corrected chi connectivity index (χ4v) is 5.59. The Labute approximate surface area is 192 Å². The van der Waals surface area contributed by atoms with Gasteiger partial charge in [-0.05, 0) is 108 Å². The molecule has 0 aliphatic heterocycles. The van der Waals surface area contributed by atoms with Crippen molar-refractivity contribution in [3.8, 4) is 0 Å². The number of nitrogens with two attached hydrogens (primary N) is 1. The average Bonchev–Trinajstić information content (AvgIpc) is 3.23. The Balaban J connectivity index is 1.62. The van der Waals surface area contributed by atoms with E-state index in [1.54, 1.807) is 0 Å². The highest BCUT2D eigenvalue weighted by Crippen LogP contribution is 2.40. The zero-order valence-electron chi connectivity index (χ0n) is 19.5. The van der Waals surface area contributed by atoms with Crippen molar-refractivity contribution in [3.05, 3.63) is 93.8 Å². The molecule has 2 aliphatic carbocycles. The van der Waals surface area contributed by atoms with Crippen LogP contribution in [0.5, 0.6) is 0 Å². The molecule has 0 saturated heterocycles. The van der Waals surface area contributed by atoms with Crippen LogP contribution in [0, 0.1) is 19.8 Å². The summed E-state index contributed by atoms with van der Waals surface area (Å²) in [7, 11) is 0. The van der Waals surface area contributed by atoms with Crippen LogP contribution in [0.2, 0.25) is 0 Å². The maximum Gasteiger partial charge on any atom is 0.0402 e. The van der Waals surface area contributed by atoms with Crippen LogP contribution in [0.3, 0.4) is 0 Å². The minimum atomic E-state index is 0.853. The first-order valence-corrected chi connectivity index (χ1v) is 12.2. The maximum atomic E-state index is 6.17. The Morgan fingerprint density at radius 3 is 2.41 bits per heavy atom. The SMILES string of the molecule is Cc1cc(C2=C(c3ccc(CC4CCCC4)cc3)c3ccc(N)cc3CCC2)cnc1C. The zero-order valence-corrected chi connectivity index (χ0v) is 19.5. The molecule has 0 radical (unpaired) electrons. The van der Waals surface area contributed by atoms with Crippen LogP contribution in [0.1, 0.15) is 77.6 Å². The Morgan fingerprint density at radius 1 is 0.875 bits per heavy atom. The third-order valence-electron chi connectivity index (χ3n) is 7.50. The van der Waals surface area contributed by atoms with Gasteiger partial charge in [-0.2, -0.15) is 0 Å². The number of pyridine rings is 1. The van der Waals surface area contributed by atoms with Crippen molar-refractivity contribution in [2.24, 2.45) is 5.92 Å². The quantitative estimate of drug-likeness (QED) is 0.448. The number of aromatic nitrogens is 1. The highest BCUT2D eigenvalue weighted by molar-refractivity contribution is 6.00. The first-order chi connectivity index (χ1) is 15.6. The number of allylic oxidation sites excluding steroid dienone is 1. The molecule has 0 spiro atoms. The topological polar surface area (TPSA) is 38.9 Å². The van der Waals surface area contributed by atoms with Gasteiger partial charge in [0.15, 0.2) is 0 Å². The lowest BCUT2D eigenvalue weighted by Gasteiger charge is -2.18. The second-order valence-corrected chi connectivity index (χ2v) is 9.80. The third-order valence-corrected chi connectivity index (χ3v) is 7.50. The Hall–Kier alpha value is -2.87. The highest BCUT2D eigenvalue weighted by atomic mass is 14.7. The van der Waals surface area contributed by atoms with E-state index in [0.717, 1.165) is 36.6 Å². The minimum absolute atomic E-state index is 0.853. The van der Waals surface area contributed by atoms with Crippen molar-refractivity contribution in [1.82, 2.24) is 4.98 Å². The molecular weight excluding hydrogens is 388 g/mol. The summed E-state index contributed by atoms with van der Waals surface area (Å²) in [5.74, 6) is 0.874. The molecule has 1 fully saturated rings. The number of fused-ring (bicyclic) bond motifs is 1. The van der Waals surface area contributed by atoms with Gasteiger partial charge in [0.05, 0.1) is 0 Å².